The van der Waals surface area contributed by atoms with E-state index in [1.54, 1.807) is 44.4 Å². The van der Waals surface area contributed by atoms with Crippen LogP contribution < -0.4 is 10.0 Å². The standard InChI is InChI=1S/C19H19ClN6O2S/c1-4-12(2)26-29(27,28)16-9-15(11-23-19(16)20)14-5-7-22-18(10-14)25-17-6-8-21-13(3)24-17/h5-11,26H,2,4H2,1,3H3,(H,21,22,24,25). The third-order valence-electron chi connectivity index (χ3n) is 3.93. The van der Waals surface area contributed by atoms with Gasteiger partial charge >= 0.3 is 0 Å². The van der Waals surface area contributed by atoms with Gasteiger partial charge < -0.3 is 5.32 Å². The number of hydrogen-bond donors (Lipinski definition) is 2. The van der Waals surface area contributed by atoms with Gasteiger partial charge in [-0.25, -0.2) is 28.4 Å². The Morgan fingerprint density at radius 1 is 1.10 bits per heavy atom. The Labute approximate surface area is 174 Å². The minimum absolute atomic E-state index is 0.117. The number of aryl methyl sites for hydroxylation is 1. The SMILES string of the molecule is C=C(CC)NS(=O)(=O)c1cc(-c2ccnc(Nc3ccnc(C)n3)c2)cnc1Cl. The number of aromatic nitrogens is 4. The molecule has 10 heteroatoms. The molecule has 2 N–H and O–H groups in total. The van der Waals surface area contributed by atoms with Crippen molar-refractivity contribution in [1.29, 1.82) is 0 Å². The zero-order valence-electron chi connectivity index (χ0n) is 15.8. The maximum atomic E-state index is 12.6. The van der Waals surface area contributed by atoms with Gasteiger partial charge in [-0.05, 0) is 43.2 Å². The zero-order chi connectivity index (χ0) is 21.0. The maximum absolute atomic E-state index is 12.6. The molecule has 0 aliphatic carbocycles. The van der Waals surface area contributed by atoms with Crippen LogP contribution in [-0.2, 0) is 10.0 Å². The van der Waals surface area contributed by atoms with Crippen molar-refractivity contribution in [2.45, 2.75) is 25.2 Å². The highest BCUT2D eigenvalue weighted by Gasteiger charge is 2.20. The molecule has 29 heavy (non-hydrogen) atoms. The first kappa shape index (κ1) is 20.7. The van der Waals surface area contributed by atoms with Crippen LogP contribution in [0.2, 0.25) is 5.15 Å². The van der Waals surface area contributed by atoms with Crippen molar-refractivity contribution < 1.29 is 8.42 Å². The van der Waals surface area contributed by atoms with Crippen molar-refractivity contribution in [3.8, 4) is 11.1 Å². The molecule has 0 aliphatic heterocycles. The Hall–Kier alpha value is -3.04. The van der Waals surface area contributed by atoms with Crippen LogP contribution in [0.5, 0.6) is 0 Å². The van der Waals surface area contributed by atoms with Crippen molar-refractivity contribution >= 4 is 33.3 Å². The number of rotatable bonds is 7. The molecule has 0 atom stereocenters. The van der Waals surface area contributed by atoms with Gasteiger partial charge in [-0.2, -0.15) is 0 Å². The summed E-state index contributed by atoms with van der Waals surface area (Å²) in [5.74, 6) is 1.77. The van der Waals surface area contributed by atoms with Crippen LogP contribution in [0.25, 0.3) is 11.1 Å². The van der Waals surface area contributed by atoms with E-state index in [4.69, 9.17) is 11.6 Å². The molecular weight excluding hydrogens is 412 g/mol. The summed E-state index contributed by atoms with van der Waals surface area (Å²) < 4.78 is 27.6. The van der Waals surface area contributed by atoms with Crippen molar-refractivity contribution in [3.05, 3.63) is 66.1 Å². The first-order valence-electron chi connectivity index (χ1n) is 8.67. The number of sulfonamides is 1. The van der Waals surface area contributed by atoms with Gasteiger partial charge in [0.1, 0.15) is 27.5 Å². The summed E-state index contributed by atoms with van der Waals surface area (Å²) in [4.78, 5) is 16.5. The minimum Gasteiger partial charge on any atom is -0.325 e. The fraction of sp³-hybridized carbons (Fsp3) is 0.158. The molecular formula is C19H19ClN6O2S. The second kappa shape index (κ2) is 8.54. The van der Waals surface area contributed by atoms with Gasteiger partial charge in [0.05, 0.1) is 0 Å². The summed E-state index contributed by atoms with van der Waals surface area (Å²) in [5.41, 5.74) is 1.64. The molecule has 8 nitrogen and oxygen atoms in total. The summed E-state index contributed by atoms with van der Waals surface area (Å²) in [5, 5.41) is 2.98. The normalized spacial score (nSPS) is 11.1. The molecule has 150 valence electrons. The lowest BCUT2D eigenvalue weighted by molar-refractivity contribution is 0.587. The van der Waals surface area contributed by atoms with Gasteiger partial charge in [-0.1, -0.05) is 25.1 Å². The van der Waals surface area contributed by atoms with Crippen molar-refractivity contribution in [2.75, 3.05) is 5.32 Å². The van der Waals surface area contributed by atoms with E-state index in [2.05, 4.69) is 36.6 Å². The summed E-state index contributed by atoms with van der Waals surface area (Å²) in [6, 6.07) is 6.70. The lowest BCUT2D eigenvalue weighted by Crippen LogP contribution is -2.23. The Morgan fingerprint density at radius 2 is 1.86 bits per heavy atom. The molecule has 0 aliphatic rings. The highest BCUT2D eigenvalue weighted by Crippen LogP contribution is 2.28. The van der Waals surface area contributed by atoms with Crippen LogP contribution in [0, 0.1) is 6.92 Å². The van der Waals surface area contributed by atoms with Gasteiger partial charge in [0.2, 0.25) is 0 Å². The van der Waals surface area contributed by atoms with Crippen molar-refractivity contribution in [2.24, 2.45) is 0 Å². The Bertz CT molecular complexity index is 1170. The lowest BCUT2D eigenvalue weighted by atomic mass is 10.1. The monoisotopic (exact) mass is 430 g/mol. The molecule has 0 saturated carbocycles. The molecule has 3 aromatic rings. The molecule has 0 fully saturated rings. The number of nitrogens with zero attached hydrogens (tertiary/aromatic N) is 4. The summed E-state index contributed by atoms with van der Waals surface area (Å²) >= 11 is 6.05. The molecule has 3 rings (SSSR count). The third kappa shape index (κ3) is 5.07. The predicted molar refractivity (Wildman–Crippen MR) is 112 cm³/mol. The molecule has 0 unspecified atom stereocenters. The van der Waals surface area contributed by atoms with Crippen LogP contribution in [-0.4, -0.2) is 28.4 Å². The van der Waals surface area contributed by atoms with Crippen molar-refractivity contribution in [3.63, 3.8) is 0 Å². The highest BCUT2D eigenvalue weighted by molar-refractivity contribution is 7.89. The molecule has 3 heterocycles. The van der Waals surface area contributed by atoms with E-state index in [0.29, 0.717) is 40.7 Å². The number of nitrogens with one attached hydrogen (secondary N) is 2. The van der Waals surface area contributed by atoms with Crippen molar-refractivity contribution in [1.82, 2.24) is 24.7 Å². The quantitative estimate of drug-likeness (QED) is 0.548. The molecule has 0 bridgehead atoms. The number of hydrogen-bond acceptors (Lipinski definition) is 7. The number of anilines is 2. The zero-order valence-corrected chi connectivity index (χ0v) is 17.4. The average Bonchev–Trinajstić information content (AvgIpc) is 2.68. The Kier molecular flexibility index (Phi) is 6.09. The predicted octanol–water partition coefficient (Wildman–Crippen LogP) is 3.84. The second-order valence-electron chi connectivity index (χ2n) is 6.12. The summed E-state index contributed by atoms with van der Waals surface area (Å²) in [6.07, 6.45) is 5.22. The van der Waals surface area contributed by atoms with Gasteiger partial charge in [-0.15, -0.1) is 0 Å². The van der Waals surface area contributed by atoms with E-state index < -0.39 is 10.0 Å². The molecule has 3 aromatic heterocycles. The van der Waals surface area contributed by atoms with Crippen LogP contribution in [0.15, 0.2) is 60.0 Å². The molecule has 0 spiro atoms. The largest absolute Gasteiger partial charge is 0.325 e. The first-order valence-corrected chi connectivity index (χ1v) is 10.5. The number of halogens is 1. The fourth-order valence-corrected chi connectivity index (χ4v) is 4.03. The van der Waals surface area contributed by atoms with Gasteiger partial charge in [0, 0.05) is 29.9 Å². The second-order valence-corrected chi connectivity index (χ2v) is 8.13. The summed E-state index contributed by atoms with van der Waals surface area (Å²) in [7, 11) is -3.89. The summed E-state index contributed by atoms with van der Waals surface area (Å²) in [6.45, 7) is 7.26. The van der Waals surface area contributed by atoms with Crippen LogP contribution in [0.3, 0.4) is 0 Å². The number of allylic oxidation sites excluding steroid dienone is 1. The van der Waals surface area contributed by atoms with Crippen LogP contribution >= 0.6 is 11.6 Å². The van der Waals surface area contributed by atoms with E-state index in [9.17, 15) is 8.42 Å². The molecule has 0 radical (unpaired) electrons. The number of pyridine rings is 2. The van der Waals surface area contributed by atoms with Gasteiger partial charge in [-0.3, -0.25) is 4.72 Å². The maximum Gasteiger partial charge on any atom is 0.264 e. The van der Waals surface area contributed by atoms with Gasteiger partial charge in [0.15, 0.2) is 0 Å². The molecule has 0 amide bonds. The third-order valence-corrected chi connectivity index (χ3v) is 5.79. The lowest BCUT2D eigenvalue weighted by Gasteiger charge is -2.12. The van der Waals surface area contributed by atoms with Crippen LogP contribution in [0.4, 0.5) is 11.6 Å². The van der Waals surface area contributed by atoms with E-state index in [1.165, 1.54) is 12.3 Å². The van der Waals surface area contributed by atoms with E-state index >= 15 is 0 Å². The van der Waals surface area contributed by atoms with Crippen LogP contribution in [0.1, 0.15) is 19.2 Å². The van der Waals surface area contributed by atoms with E-state index in [1.807, 2.05) is 0 Å². The smallest absolute Gasteiger partial charge is 0.264 e. The molecule has 0 aromatic carbocycles. The highest BCUT2D eigenvalue weighted by atomic mass is 35.5. The fourth-order valence-electron chi connectivity index (χ4n) is 2.43. The van der Waals surface area contributed by atoms with Gasteiger partial charge in [0.25, 0.3) is 10.0 Å². The molecule has 0 saturated heterocycles. The Balaban J connectivity index is 1.94. The average molecular weight is 431 g/mol. The Morgan fingerprint density at radius 3 is 2.59 bits per heavy atom. The van der Waals surface area contributed by atoms with E-state index in [-0.39, 0.29) is 10.0 Å². The first-order chi connectivity index (χ1) is 13.8. The topological polar surface area (TPSA) is 110 Å². The minimum atomic E-state index is -3.89. The van der Waals surface area contributed by atoms with E-state index in [0.717, 1.165) is 0 Å².